The first-order chi connectivity index (χ1) is 20.1. The highest BCUT2D eigenvalue weighted by Crippen LogP contribution is 2.56. The molecule has 1 aromatic heterocycles. The molecule has 42 heavy (non-hydrogen) atoms. The van der Waals surface area contributed by atoms with E-state index in [0.29, 0.717) is 6.42 Å². The van der Waals surface area contributed by atoms with Gasteiger partial charge in [-0.15, -0.1) is 5.54 Å². The zero-order valence-corrected chi connectivity index (χ0v) is 26.1. The van der Waals surface area contributed by atoms with Crippen LogP contribution in [0.25, 0.3) is 10.9 Å². The standard InChI is InChI=1S/C35H41N3O3Si/c1-41-34(40)30-18-28-27-7-5-6-8-29(27)36-32(28)33(38(30)31(39)13-14-42(2,3)4)25-9-11-26(12-10-25)37-35-19-22-15-23(20-35)17-24(16-22)21-35/h5-12,22-24,30,33,36-37H,15-21H2,1-4H3/t22?,23?,24?,30-,33+,35?/m1/s1. The Morgan fingerprint density at radius 2 is 1.62 bits per heavy atom. The zero-order chi connectivity index (χ0) is 29.2. The van der Waals surface area contributed by atoms with Crippen molar-refractivity contribution in [2.75, 3.05) is 12.4 Å². The Bertz CT molecular complexity index is 1570. The van der Waals surface area contributed by atoms with E-state index in [4.69, 9.17) is 4.74 Å². The first-order valence-electron chi connectivity index (χ1n) is 15.5. The van der Waals surface area contributed by atoms with E-state index in [0.717, 1.165) is 51.2 Å². The molecule has 4 bridgehead atoms. The summed E-state index contributed by atoms with van der Waals surface area (Å²) in [6, 6.07) is 15.5. The van der Waals surface area contributed by atoms with E-state index < -0.39 is 26.1 Å². The molecule has 6 nitrogen and oxygen atoms in total. The third-order valence-electron chi connectivity index (χ3n) is 10.1. The SMILES string of the molecule is COC(=O)[C@H]1Cc2c([nH]c3ccccc23)[C@H](c2ccc(NC34CC5CC(CC(C5)C3)C4)cc2)N1C(=O)C#C[Si](C)(C)C. The van der Waals surface area contributed by atoms with Gasteiger partial charge in [0.25, 0.3) is 5.91 Å². The molecule has 218 valence electrons. The van der Waals surface area contributed by atoms with Crippen molar-refractivity contribution in [3.63, 3.8) is 0 Å². The molecule has 1 aliphatic heterocycles. The van der Waals surface area contributed by atoms with Crippen LogP contribution in [-0.4, -0.2) is 48.5 Å². The van der Waals surface area contributed by atoms with E-state index in [-0.39, 0.29) is 11.4 Å². The molecule has 4 saturated carbocycles. The van der Waals surface area contributed by atoms with Crippen LogP contribution in [-0.2, 0) is 20.7 Å². The summed E-state index contributed by atoms with van der Waals surface area (Å²) in [6.45, 7) is 6.35. The second-order valence-corrected chi connectivity index (χ2v) is 19.1. The van der Waals surface area contributed by atoms with E-state index in [1.807, 2.05) is 18.2 Å². The van der Waals surface area contributed by atoms with Crippen LogP contribution in [0.1, 0.15) is 61.4 Å². The second-order valence-electron chi connectivity index (χ2n) is 14.4. The smallest absolute Gasteiger partial charge is 0.328 e. The molecule has 2 atom stereocenters. The molecule has 5 aliphatic rings. The highest BCUT2D eigenvalue weighted by atomic mass is 28.3. The molecule has 0 saturated heterocycles. The van der Waals surface area contributed by atoms with Crippen molar-refractivity contribution >= 4 is 36.5 Å². The summed E-state index contributed by atoms with van der Waals surface area (Å²) in [5, 5.41) is 5.06. The van der Waals surface area contributed by atoms with Crippen LogP contribution in [0.15, 0.2) is 48.5 Å². The molecule has 2 heterocycles. The lowest BCUT2D eigenvalue weighted by Crippen LogP contribution is -2.54. The van der Waals surface area contributed by atoms with E-state index >= 15 is 0 Å². The molecule has 7 heteroatoms. The first kappa shape index (κ1) is 27.3. The Morgan fingerprint density at radius 1 is 0.976 bits per heavy atom. The van der Waals surface area contributed by atoms with Crippen LogP contribution in [0.2, 0.25) is 19.6 Å². The van der Waals surface area contributed by atoms with Crippen molar-refractivity contribution in [3.05, 3.63) is 65.4 Å². The minimum Gasteiger partial charge on any atom is -0.467 e. The lowest BCUT2D eigenvalue weighted by Gasteiger charge is -2.57. The van der Waals surface area contributed by atoms with Crippen molar-refractivity contribution in [2.45, 2.75) is 82.2 Å². The van der Waals surface area contributed by atoms with Gasteiger partial charge in [-0.2, -0.15) is 0 Å². The third kappa shape index (κ3) is 4.84. The number of nitrogens with zero attached hydrogens (tertiary/aromatic N) is 1. The molecular formula is C35H41N3O3Si. The Morgan fingerprint density at radius 3 is 2.24 bits per heavy atom. The van der Waals surface area contributed by atoms with Gasteiger partial charge in [0.15, 0.2) is 0 Å². The van der Waals surface area contributed by atoms with Gasteiger partial charge in [-0.3, -0.25) is 4.79 Å². The lowest BCUT2D eigenvalue weighted by atomic mass is 9.53. The van der Waals surface area contributed by atoms with E-state index in [1.54, 1.807) is 4.90 Å². The molecule has 1 amide bonds. The average molecular weight is 580 g/mol. The zero-order valence-electron chi connectivity index (χ0n) is 25.1. The topological polar surface area (TPSA) is 74.4 Å². The van der Waals surface area contributed by atoms with Crippen LogP contribution < -0.4 is 5.32 Å². The normalized spacial score (nSPS) is 29.5. The highest BCUT2D eigenvalue weighted by Gasteiger charge is 2.51. The summed E-state index contributed by atoms with van der Waals surface area (Å²) in [7, 11) is -0.431. The predicted molar refractivity (Wildman–Crippen MR) is 169 cm³/mol. The van der Waals surface area contributed by atoms with Crippen molar-refractivity contribution < 1.29 is 14.3 Å². The first-order valence-corrected chi connectivity index (χ1v) is 19.0. The number of carbonyl (C=O) groups is 2. The number of para-hydroxylation sites is 1. The molecule has 2 aromatic carbocycles. The van der Waals surface area contributed by atoms with Crippen molar-refractivity contribution in [1.29, 1.82) is 0 Å². The number of nitrogens with one attached hydrogen (secondary N) is 2. The quantitative estimate of drug-likeness (QED) is 0.212. The number of ether oxygens (including phenoxy) is 1. The number of methoxy groups -OCH3 is 1. The number of fused-ring (bicyclic) bond motifs is 3. The minimum atomic E-state index is -1.82. The Kier molecular flexibility index (Phi) is 6.54. The number of aromatic nitrogens is 1. The van der Waals surface area contributed by atoms with Gasteiger partial charge in [-0.1, -0.05) is 50.0 Å². The highest BCUT2D eigenvalue weighted by molar-refractivity contribution is 6.84. The molecule has 3 aromatic rings. The van der Waals surface area contributed by atoms with Crippen LogP contribution in [0, 0.1) is 29.2 Å². The summed E-state index contributed by atoms with van der Waals surface area (Å²) < 4.78 is 5.26. The fraction of sp³-hybridized carbons (Fsp3) is 0.486. The number of rotatable bonds is 4. The van der Waals surface area contributed by atoms with Crippen molar-refractivity contribution in [1.82, 2.24) is 9.88 Å². The van der Waals surface area contributed by atoms with Gasteiger partial charge in [0.1, 0.15) is 14.1 Å². The number of anilines is 1. The van der Waals surface area contributed by atoms with E-state index in [1.165, 1.54) is 45.6 Å². The number of hydrogen-bond acceptors (Lipinski definition) is 4. The lowest BCUT2D eigenvalue weighted by molar-refractivity contribution is -0.153. The molecule has 0 spiro atoms. The van der Waals surface area contributed by atoms with Crippen LogP contribution >= 0.6 is 0 Å². The van der Waals surface area contributed by atoms with Crippen LogP contribution in [0.5, 0.6) is 0 Å². The molecule has 2 N–H and O–H groups in total. The summed E-state index contributed by atoms with van der Waals surface area (Å²) in [6.07, 6.45) is 8.47. The number of aromatic amines is 1. The third-order valence-corrected chi connectivity index (χ3v) is 10.9. The van der Waals surface area contributed by atoms with Crippen LogP contribution in [0.4, 0.5) is 5.69 Å². The largest absolute Gasteiger partial charge is 0.467 e. The van der Waals surface area contributed by atoms with Gasteiger partial charge in [0.05, 0.1) is 13.2 Å². The van der Waals surface area contributed by atoms with Crippen molar-refractivity contribution in [2.24, 2.45) is 17.8 Å². The molecule has 0 unspecified atom stereocenters. The van der Waals surface area contributed by atoms with Crippen molar-refractivity contribution in [3.8, 4) is 11.5 Å². The average Bonchev–Trinajstić information content (AvgIpc) is 3.32. The van der Waals surface area contributed by atoms with Gasteiger partial charge in [0, 0.05) is 34.2 Å². The molecule has 0 radical (unpaired) electrons. The van der Waals surface area contributed by atoms with Crippen LogP contribution in [0.3, 0.4) is 0 Å². The Hall–Kier alpha value is -3.50. The summed E-state index contributed by atoms with van der Waals surface area (Å²) in [4.78, 5) is 32.4. The number of esters is 1. The van der Waals surface area contributed by atoms with Gasteiger partial charge in [-0.05, 0) is 91.5 Å². The van der Waals surface area contributed by atoms with E-state index in [2.05, 4.69) is 71.7 Å². The molecular weight excluding hydrogens is 538 g/mol. The fourth-order valence-corrected chi connectivity index (χ4v) is 9.31. The number of H-pyrrole nitrogens is 1. The van der Waals surface area contributed by atoms with Gasteiger partial charge >= 0.3 is 5.97 Å². The number of benzene rings is 2. The monoisotopic (exact) mass is 579 g/mol. The maximum atomic E-state index is 13.9. The minimum absolute atomic E-state index is 0.218. The number of carbonyl (C=O) groups excluding carboxylic acids is 2. The summed E-state index contributed by atoms with van der Waals surface area (Å²) in [5.74, 6) is 4.79. The van der Waals surface area contributed by atoms with Gasteiger partial charge in [0.2, 0.25) is 0 Å². The molecule has 8 rings (SSSR count). The Labute approximate surface area is 249 Å². The molecule has 4 aliphatic carbocycles. The Balaban J connectivity index is 1.28. The fourth-order valence-electron chi connectivity index (χ4n) is 8.83. The number of hydrogen-bond donors (Lipinski definition) is 2. The van der Waals surface area contributed by atoms with Gasteiger partial charge < -0.3 is 19.9 Å². The molecule has 4 fully saturated rings. The van der Waals surface area contributed by atoms with E-state index in [9.17, 15) is 9.59 Å². The maximum absolute atomic E-state index is 13.9. The predicted octanol–water partition coefficient (Wildman–Crippen LogP) is 6.45. The second kappa shape index (κ2) is 10.1. The maximum Gasteiger partial charge on any atom is 0.328 e. The summed E-state index contributed by atoms with van der Waals surface area (Å²) >= 11 is 0. The van der Waals surface area contributed by atoms with Gasteiger partial charge in [-0.25, -0.2) is 4.79 Å². The number of amides is 1. The summed E-state index contributed by atoms with van der Waals surface area (Å²) in [5.41, 5.74) is 8.54.